The second-order valence-corrected chi connectivity index (χ2v) is 28.5. The summed E-state index contributed by atoms with van der Waals surface area (Å²) in [5.41, 5.74) is 8.85. The molecule has 6 saturated carbocycles. The Morgan fingerprint density at radius 2 is 0.543 bits per heavy atom. The van der Waals surface area contributed by atoms with Crippen LogP contribution in [0.5, 0.6) is 0 Å². The van der Waals surface area contributed by atoms with Gasteiger partial charge in [0.25, 0.3) is 0 Å². The minimum atomic E-state index is -1.79. The molecule has 0 saturated heterocycles. The van der Waals surface area contributed by atoms with Crippen molar-refractivity contribution in [2.24, 2.45) is 0 Å². The van der Waals surface area contributed by atoms with Crippen LogP contribution in [0.15, 0.2) is 30.3 Å². The first kappa shape index (κ1) is 36.5. The van der Waals surface area contributed by atoms with Crippen LogP contribution in [-0.2, 0) is 19.5 Å². The van der Waals surface area contributed by atoms with Crippen LogP contribution in [0.2, 0.25) is 0 Å². The first-order valence-corrected chi connectivity index (χ1v) is 26.0. The molecule has 46 heavy (non-hydrogen) atoms. The number of rotatable bonds is 9. The van der Waals surface area contributed by atoms with E-state index in [1.165, 1.54) is 0 Å². The van der Waals surface area contributed by atoms with Crippen LogP contribution >= 0.6 is 14.5 Å². The predicted octanol–water partition coefficient (Wildman–Crippen LogP) is 14.2. The Bertz CT molecular complexity index is 836. The summed E-state index contributed by atoms with van der Waals surface area (Å²) in [6.45, 7) is 0. The zero-order valence-electron chi connectivity index (χ0n) is 30.0. The second kappa shape index (κ2) is 17.8. The fourth-order valence-corrected chi connectivity index (χ4v) is 39.2. The number of hydrogen-bond donors (Lipinski definition) is 0. The van der Waals surface area contributed by atoms with E-state index in [9.17, 15) is 0 Å². The summed E-state index contributed by atoms with van der Waals surface area (Å²) >= 11 is 0. The van der Waals surface area contributed by atoms with Crippen molar-refractivity contribution in [2.45, 2.75) is 232 Å². The fourth-order valence-electron chi connectivity index (χ4n) is 14.7. The molecule has 6 fully saturated rings. The van der Waals surface area contributed by atoms with Crippen LogP contribution in [-0.4, -0.2) is 34.0 Å². The number of benzene rings is 1. The van der Waals surface area contributed by atoms with E-state index < -0.39 is 14.5 Å². The third-order valence-electron chi connectivity index (χ3n) is 16.0. The van der Waals surface area contributed by atoms with Gasteiger partial charge in [0.1, 0.15) is 0 Å². The molecule has 264 valence electrons. The molecule has 0 aliphatic heterocycles. The standard InChI is InChI=1S/C43H74P2.Ru/c1-8-22-36(23-9-1)43(44(37-24-10-2-11-25-37,38-26-12-3-13-27-38)39-28-14-4-15-29-39)45(40-30-16-5-17-31-40,41-32-18-6-19-33-41)42-34-20-7-21-35-42;/h1,8-9,22-23,37-45H,2-7,10-21,24-35H2;. The molecule has 0 radical (unpaired) electrons. The van der Waals surface area contributed by atoms with Crippen LogP contribution < -0.4 is 0 Å². The van der Waals surface area contributed by atoms with E-state index in [0.717, 1.165) is 39.4 Å². The molecule has 0 heterocycles. The zero-order valence-corrected chi connectivity index (χ0v) is 33.7. The molecule has 0 nitrogen and oxygen atoms in total. The zero-order chi connectivity index (χ0) is 30.4. The van der Waals surface area contributed by atoms with Crippen molar-refractivity contribution >= 4 is 14.5 Å². The summed E-state index contributed by atoms with van der Waals surface area (Å²) in [4.78, 5) is 0. The van der Waals surface area contributed by atoms with Crippen LogP contribution in [0.4, 0.5) is 0 Å². The molecular weight excluding hydrogens is 679 g/mol. The summed E-state index contributed by atoms with van der Waals surface area (Å²) < 4.78 is 0. The molecule has 0 spiro atoms. The van der Waals surface area contributed by atoms with E-state index in [1.54, 1.807) is 193 Å². The first-order valence-electron chi connectivity index (χ1n) is 21.4. The molecule has 7 rings (SSSR count). The van der Waals surface area contributed by atoms with Gasteiger partial charge in [-0.2, -0.15) is 0 Å². The van der Waals surface area contributed by atoms with Gasteiger partial charge in [0.15, 0.2) is 0 Å². The van der Waals surface area contributed by atoms with E-state index in [1.807, 2.05) is 5.56 Å². The SMILES string of the molecule is [Ru].c1ccc(C([PH](C2CCCCC2)(C2CCCCC2)C2CCCCC2)[PH](C2CCCCC2)(C2CCCCC2)C2CCCCC2)cc1. The predicted molar refractivity (Wildman–Crippen MR) is 207 cm³/mol. The van der Waals surface area contributed by atoms with E-state index in [-0.39, 0.29) is 19.5 Å². The molecule has 1 aromatic carbocycles. The average molecular weight is 754 g/mol. The Balaban J connectivity index is 0.00000372. The minimum absolute atomic E-state index is 0. The molecule has 6 aliphatic carbocycles. The van der Waals surface area contributed by atoms with Crippen molar-refractivity contribution in [2.75, 3.05) is 0 Å². The van der Waals surface area contributed by atoms with Gasteiger partial charge in [-0.3, -0.25) is 0 Å². The molecular formula is C43H74P2Ru. The van der Waals surface area contributed by atoms with Crippen LogP contribution in [0.3, 0.4) is 0 Å². The Morgan fingerprint density at radius 1 is 0.326 bits per heavy atom. The van der Waals surface area contributed by atoms with Crippen molar-refractivity contribution in [3.8, 4) is 0 Å². The second-order valence-electron chi connectivity index (χ2n) is 17.9. The summed E-state index contributed by atoms with van der Waals surface area (Å²) in [5, 5.41) is 1.08. The topological polar surface area (TPSA) is 0 Å². The van der Waals surface area contributed by atoms with Gasteiger partial charge < -0.3 is 0 Å². The van der Waals surface area contributed by atoms with E-state index in [2.05, 4.69) is 30.3 Å². The summed E-state index contributed by atoms with van der Waals surface area (Å²) in [5.74, 6) is 0. The third kappa shape index (κ3) is 7.23. The van der Waals surface area contributed by atoms with E-state index >= 15 is 0 Å². The third-order valence-corrected chi connectivity index (χ3v) is 33.6. The van der Waals surface area contributed by atoms with Crippen molar-refractivity contribution in [3.63, 3.8) is 0 Å². The van der Waals surface area contributed by atoms with Gasteiger partial charge in [0.2, 0.25) is 0 Å². The first-order chi connectivity index (χ1) is 22.4. The Kier molecular flexibility index (Phi) is 14.1. The molecule has 0 atom stereocenters. The van der Waals surface area contributed by atoms with Gasteiger partial charge in [-0.1, -0.05) is 0 Å². The Morgan fingerprint density at radius 3 is 0.761 bits per heavy atom. The molecule has 3 heteroatoms. The molecule has 0 bridgehead atoms. The van der Waals surface area contributed by atoms with Crippen molar-refractivity contribution < 1.29 is 19.5 Å². The van der Waals surface area contributed by atoms with Crippen LogP contribution in [0.25, 0.3) is 0 Å². The molecule has 1 aromatic rings. The molecule has 6 aliphatic rings. The Labute approximate surface area is 300 Å². The molecule has 0 aromatic heterocycles. The van der Waals surface area contributed by atoms with Gasteiger partial charge in [0.05, 0.1) is 0 Å². The summed E-state index contributed by atoms with van der Waals surface area (Å²) in [7, 11) is -3.58. The number of hydrogen-bond acceptors (Lipinski definition) is 0. The van der Waals surface area contributed by atoms with Crippen molar-refractivity contribution in [1.82, 2.24) is 0 Å². The average Bonchev–Trinajstić information content (AvgIpc) is 3.14. The van der Waals surface area contributed by atoms with Gasteiger partial charge in [-0.05, 0) is 0 Å². The van der Waals surface area contributed by atoms with Crippen LogP contribution in [0, 0.1) is 0 Å². The maximum atomic E-state index is 2.82. The van der Waals surface area contributed by atoms with Crippen LogP contribution in [0.1, 0.15) is 204 Å². The normalized spacial score (nSPS) is 27.9. The van der Waals surface area contributed by atoms with E-state index in [0.29, 0.717) is 0 Å². The monoisotopic (exact) mass is 754 g/mol. The fraction of sp³-hybridized carbons (Fsp3) is 0.860. The van der Waals surface area contributed by atoms with Gasteiger partial charge in [0, 0.05) is 19.5 Å². The van der Waals surface area contributed by atoms with E-state index in [4.69, 9.17) is 0 Å². The summed E-state index contributed by atoms with van der Waals surface area (Å²) in [6, 6.07) is 13.1. The van der Waals surface area contributed by atoms with Crippen molar-refractivity contribution in [3.05, 3.63) is 35.9 Å². The maximum absolute atomic E-state index is 2.82. The molecule has 0 unspecified atom stereocenters. The molecule has 0 amide bonds. The van der Waals surface area contributed by atoms with Gasteiger partial charge >= 0.3 is 282 Å². The molecule has 0 N–H and O–H groups in total. The van der Waals surface area contributed by atoms with Gasteiger partial charge in [-0.25, -0.2) is 0 Å². The van der Waals surface area contributed by atoms with Crippen molar-refractivity contribution in [1.29, 1.82) is 0 Å². The van der Waals surface area contributed by atoms with Gasteiger partial charge in [-0.15, -0.1) is 0 Å². The Hall–Kier alpha value is 0.703. The quantitative estimate of drug-likeness (QED) is 0.174. The summed E-state index contributed by atoms with van der Waals surface area (Å²) in [6.07, 6.45) is 47.9.